The number of hydrogen-bond donors (Lipinski definition) is 3. The molecule has 1 amide bonds. The third-order valence-electron chi connectivity index (χ3n) is 2.15. The fourth-order valence-electron chi connectivity index (χ4n) is 1.39. The largest absolute Gasteiger partial charge is 0.384 e. The molecule has 17 heavy (non-hydrogen) atoms. The molecule has 1 aromatic rings. The zero-order valence-electron chi connectivity index (χ0n) is 10.6. The van der Waals surface area contributed by atoms with Gasteiger partial charge in [-0.3, -0.25) is 4.79 Å². The minimum Gasteiger partial charge on any atom is -0.384 e. The van der Waals surface area contributed by atoms with Gasteiger partial charge in [0, 0.05) is 44.0 Å². The average Bonchev–Trinajstić information content (AvgIpc) is 2.28. The zero-order valence-corrected chi connectivity index (χ0v) is 10.6. The Balaban J connectivity index is 2.32. The summed E-state index contributed by atoms with van der Waals surface area (Å²) in [7, 11) is 1.82. The van der Waals surface area contributed by atoms with Crippen LogP contribution in [0.4, 0.5) is 11.5 Å². The maximum Gasteiger partial charge on any atom is 0.221 e. The maximum atomic E-state index is 11.4. The smallest absolute Gasteiger partial charge is 0.221 e. The van der Waals surface area contributed by atoms with Gasteiger partial charge in [0.15, 0.2) is 0 Å². The molecule has 0 atom stereocenters. The molecule has 94 valence electrons. The molecule has 0 saturated heterocycles. The molecular weight excluding hydrogens is 216 g/mol. The first-order valence-corrected chi connectivity index (χ1v) is 5.79. The molecule has 0 aliphatic carbocycles. The fraction of sp³-hybridized carbons (Fsp3) is 0.500. The van der Waals surface area contributed by atoms with Crippen molar-refractivity contribution in [3.05, 3.63) is 18.3 Å². The Kier molecular flexibility index (Phi) is 5.26. The number of nitrogens with zero attached hydrogens (tertiary/aromatic N) is 1. The molecule has 0 aromatic carbocycles. The van der Waals surface area contributed by atoms with E-state index in [9.17, 15) is 4.79 Å². The van der Waals surface area contributed by atoms with Gasteiger partial charge in [-0.2, -0.15) is 0 Å². The predicted molar refractivity (Wildman–Crippen MR) is 70.2 cm³/mol. The summed E-state index contributed by atoms with van der Waals surface area (Å²) < 4.78 is 0. The lowest BCUT2D eigenvalue weighted by atomic mass is 10.3. The molecule has 0 spiro atoms. The van der Waals surface area contributed by atoms with E-state index in [-0.39, 0.29) is 11.9 Å². The number of hydrogen-bond acceptors (Lipinski definition) is 4. The first-order valence-electron chi connectivity index (χ1n) is 5.79. The van der Waals surface area contributed by atoms with Crippen molar-refractivity contribution in [3.8, 4) is 0 Å². The first-order chi connectivity index (χ1) is 8.11. The lowest BCUT2D eigenvalue weighted by Crippen LogP contribution is -2.31. The quantitative estimate of drug-likeness (QED) is 0.699. The Morgan fingerprint density at radius 1 is 1.47 bits per heavy atom. The van der Waals surface area contributed by atoms with Crippen LogP contribution in [0.5, 0.6) is 0 Å². The van der Waals surface area contributed by atoms with E-state index in [1.807, 2.05) is 33.0 Å². The van der Waals surface area contributed by atoms with Crippen molar-refractivity contribution < 1.29 is 4.79 Å². The third kappa shape index (κ3) is 5.19. The van der Waals surface area contributed by atoms with Gasteiger partial charge in [0.05, 0.1) is 0 Å². The summed E-state index contributed by atoms with van der Waals surface area (Å²) >= 11 is 0. The second-order valence-corrected chi connectivity index (χ2v) is 4.08. The first kappa shape index (κ1) is 13.3. The van der Waals surface area contributed by atoms with E-state index >= 15 is 0 Å². The van der Waals surface area contributed by atoms with Gasteiger partial charge in [-0.25, -0.2) is 4.98 Å². The summed E-state index contributed by atoms with van der Waals surface area (Å²) in [4.78, 5) is 15.5. The highest BCUT2D eigenvalue weighted by Gasteiger charge is 2.02. The summed E-state index contributed by atoms with van der Waals surface area (Å²) in [5.41, 5.74) is 0.960. The molecule has 1 heterocycles. The van der Waals surface area contributed by atoms with Crippen molar-refractivity contribution in [3.63, 3.8) is 0 Å². The van der Waals surface area contributed by atoms with Crippen LogP contribution < -0.4 is 16.0 Å². The van der Waals surface area contributed by atoms with E-state index in [1.54, 1.807) is 6.20 Å². The van der Waals surface area contributed by atoms with Crippen LogP contribution in [0.1, 0.15) is 20.3 Å². The van der Waals surface area contributed by atoms with Crippen molar-refractivity contribution in [1.82, 2.24) is 10.3 Å². The highest BCUT2D eigenvalue weighted by molar-refractivity contribution is 5.76. The molecule has 1 aromatic heterocycles. The van der Waals surface area contributed by atoms with Crippen molar-refractivity contribution in [2.75, 3.05) is 24.2 Å². The topological polar surface area (TPSA) is 66.0 Å². The number of anilines is 2. The van der Waals surface area contributed by atoms with Gasteiger partial charge in [-0.15, -0.1) is 0 Å². The Morgan fingerprint density at radius 2 is 2.24 bits per heavy atom. The standard InChI is InChI=1S/C12H20N4O/c1-9(2)16-12(17)5-7-14-10-4-6-15-11(8-10)13-3/h4,6,8-9H,5,7H2,1-3H3,(H,16,17)(H2,13,14,15). The molecule has 5 heteroatoms. The van der Waals surface area contributed by atoms with Crippen molar-refractivity contribution in [1.29, 1.82) is 0 Å². The second-order valence-electron chi connectivity index (χ2n) is 4.08. The van der Waals surface area contributed by atoms with E-state index in [4.69, 9.17) is 0 Å². The molecule has 0 radical (unpaired) electrons. The fourth-order valence-corrected chi connectivity index (χ4v) is 1.39. The van der Waals surface area contributed by atoms with Gasteiger partial charge in [0.25, 0.3) is 0 Å². The number of aromatic nitrogens is 1. The number of nitrogens with one attached hydrogen (secondary N) is 3. The zero-order chi connectivity index (χ0) is 12.7. The highest BCUT2D eigenvalue weighted by atomic mass is 16.1. The lowest BCUT2D eigenvalue weighted by Gasteiger charge is -2.10. The lowest BCUT2D eigenvalue weighted by molar-refractivity contribution is -0.121. The van der Waals surface area contributed by atoms with Crippen LogP contribution in [-0.4, -0.2) is 30.5 Å². The van der Waals surface area contributed by atoms with E-state index in [0.29, 0.717) is 13.0 Å². The van der Waals surface area contributed by atoms with Crippen LogP contribution in [0.15, 0.2) is 18.3 Å². The molecule has 0 fully saturated rings. The minimum atomic E-state index is 0.0652. The Hall–Kier alpha value is -1.78. The predicted octanol–water partition coefficient (Wildman–Crippen LogP) is 1.45. The average molecular weight is 236 g/mol. The molecule has 0 aliphatic heterocycles. The minimum absolute atomic E-state index is 0.0652. The maximum absolute atomic E-state index is 11.4. The van der Waals surface area contributed by atoms with E-state index in [0.717, 1.165) is 11.5 Å². The molecule has 5 nitrogen and oxygen atoms in total. The van der Waals surface area contributed by atoms with E-state index < -0.39 is 0 Å². The van der Waals surface area contributed by atoms with Crippen LogP contribution >= 0.6 is 0 Å². The number of carbonyl (C=O) groups excluding carboxylic acids is 1. The van der Waals surface area contributed by atoms with Crippen LogP contribution in [0.3, 0.4) is 0 Å². The van der Waals surface area contributed by atoms with Crippen LogP contribution in [0.25, 0.3) is 0 Å². The monoisotopic (exact) mass is 236 g/mol. The number of carbonyl (C=O) groups is 1. The Labute approximate surface area is 102 Å². The summed E-state index contributed by atoms with van der Waals surface area (Å²) in [6.45, 7) is 4.52. The van der Waals surface area contributed by atoms with Gasteiger partial charge in [-0.1, -0.05) is 0 Å². The summed E-state index contributed by atoms with van der Waals surface area (Å²) in [5, 5.41) is 8.99. The number of pyridine rings is 1. The van der Waals surface area contributed by atoms with E-state index in [2.05, 4.69) is 20.9 Å². The summed E-state index contributed by atoms with van der Waals surface area (Å²) in [5.74, 6) is 0.872. The van der Waals surface area contributed by atoms with Gasteiger partial charge in [0.2, 0.25) is 5.91 Å². The molecule has 0 unspecified atom stereocenters. The van der Waals surface area contributed by atoms with Gasteiger partial charge >= 0.3 is 0 Å². The second kappa shape index (κ2) is 6.73. The SMILES string of the molecule is CNc1cc(NCCC(=O)NC(C)C)ccn1. The summed E-state index contributed by atoms with van der Waals surface area (Å²) in [6.07, 6.45) is 2.19. The Bertz CT molecular complexity index is 365. The van der Waals surface area contributed by atoms with Gasteiger partial charge in [-0.05, 0) is 19.9 Å². The molecule has 1 rings (SSSR count). The van der Waals surface area contributed by atoms with Crippen molar-refractivity contribution >= 4 is 17.4 Å². The normalized spacial score (nSPS) is 10.1. The van der Waals surface area contributed by atoms with Gasteiger partial charge < -0.3 is 16.0 Å². The van der Waals surface area contributed by atoms with Crippen LogP contribution in [-0.2, 0) is 4.79 Å². The van der Waals surface area contributed by atoms with E-state index in [1.165, 1.54) is 0 Å². The van der Waals surface area contributed by atoms with Crippen LogP contribution in [0.2, 0.25) is 0 Å². The van der Waals surface area contributed by atoms with Crippen LogP contribution in [0, 0.1) is 0 Å². The molecule has 0 saturated carbocycles. The molecular formula is C12H20N4O. The Morgan fingerprint density at radius 3 is 2.88 bits per heavy atom. The molecule has 0 aliphatic rings. The molecule has 0 bridgehead atoms. The summed E-state index contributed by atoms with van der Waals surface area (Å²) in [6, 6.07) is 3.97. The molecule has 3 N–H and O–H groups in total. The van der Waals surface area contributed by atoms with Gasteiger partial charge in [0.1, 0.15) is 5.82 Å². The van der Waals surface area contributed by atoms with Crippen molar-refractivity contribution in [2.45, 2.75) is 26.3 Å². The highest BCUT2D eigenvalue weighted by Crippen LogP contribution is 2.10. The number of amides is 1. The third-order valence-corrected chi connectivity index (χ3v) is 2.15. The van der Waals surface area contributed by atoms with Crippen molar-refractivity contribution in [2.24, 2.45) is 0 Å². The number of rotatable bonds is 6.